The maximum Gasteiger partial charge on any atom is 0.322 e. The number of hydrogen-bond acceptors (Lipinski definition) is 3. The molecule has 0 bridgehead atoms. The van der Waals surface area contributed by atoms with Crippen molar-refractivity contribution in [3.05, 3.63) is 48.9 Å². The molecule has 2 atom stereocenters. The van der Waals surface area contributed by atoms with Crippen molar-refractivity contribution in [3.8, 4) is 5.82 Å². The summed E-state index contributed by atoms with van der Waals surface area (Å²) in [5.41, 5.74) is 2.63. The van der Waals surface area contributed by atoms with E-state index in [0.717, 1.165) is 29.3 Å². The molecule has 1 aliphatic rings. The highest BCUT2D eigenvalue weighted by atomic mass is 16.2. The Labute approximate surface area is 159 Å². The van der Waals surface area contributed by atoms with Gasteiger partial charge in [-0.1, -0.05) is 19.1 Å². The Morgan fingerprint density at radius 3 is 2.70 bits per heavy atom. The van der Waals surface area contributed by atoms with Crippen molar-refractivity contribution in [2.45, 2.75) is 33.2 Å². The number of nitrogens with zero attached hydrogens (tertiary/aromatic N) is 4. The van der Waals surface area contributed by atoms with Crippen LogP contribution in [-0.2, 0) is 0 Å². The maximum atomic E-state index is 12.7. The van der Waals surface area contributed by atoms with Crippen molar-refractivity contribution in [2.24, 2.45) is 11.8 Å². The Morgan fingerprint density at radius 2 is 2.04 bits per heavy atom. The van der Waals surface area contributed by atoms with E-state index in [-0.39, 0.29) is 12.1 Å². The summed E-state index contributed by atoms with van der Waals surface area (Å²) in [6.07, 6.45) is 4.68. The molecule has 6 heteroatoms. The fourth-order valence-electron chi connectivity index (χ4n) is 3.37. The Hall–Kier alpha value is -2.89. The van der Waals surface area contributed by atoms with Crippen molar-refractivity contribution in [1.82, 2.24) is 19.4 Å². The van der Waals surface area contributed by atoms with E-state index in [1.807, 2.05) is 45.9 Å². The zero-order valence-electron chi connectivity index (χ0n) is 16.0. The van der Waals surface area contributed by atoms with E-state index in [4.69, 9.17) is 0 Å². The van der Waals surface area contributed by atoms with Crippen LogP contribution in [0.2, 0.25) is 0 Å². The first-order valence-electron chi connectivity index (χ1n) is 9.49. The minimum atomic E-state index is -0.0632. The van der Waals surface area contributed by atoms with Crippen molar-refractivity contribution in [2.75, 3.05) is 11.9 Å². The van der Waals surface area contributed by atoms with Crippen molar-refractivity contribution >= 4 is 22.8 Å². The van der Waals surface area contributed by atoms with Gasteiger partial charge in [-0.15, -0.1) is 0 Å². The van der Waals surface area contributed by atoms with E-state index < -0.39 is 0 Å². The molecule has 0 spiro atoms. The zero-order chi connectivity index (χ0) is 19.0. The van der Waals surface area contributed by atoms with Gasteiger partial charge in [-0.2, -0.15) is 0 Å². The monoisotopic (exact) mass is 363 g/mol. The number of imidazole rings is 1. The number of fused-ring (bicyclic) bond motifs is 1. The molecule has 3 aromatic rings. The Balaban J connectivity index is 1.48. The first-order valence-corrected chi connectivity index (χ1v) is 9.49. The molecule has 1 aromatic carbocycles. The number of pyridine rings is 1. The third-order valence-corrected chi connectivity index (χ3v) is 5.29. The third-order valence-electron chi connectivity index (χ3n) is 5.29. The molecule has 0 unspecified atom stereocenters. The van der Waals surface area contributed by atoms with Crippen LogP contribution in [0.4, 0.5) is 10.5 Å². The molecule has 1 N–H and O–H groups in total. The zero-order valence-corrected chi connectivity index (χ0v) is 16.0. The van der Waals surface area contributed by atoms with E-state index in [2.05, 4.69) is 36.1 Å². The number of carbonyl (C=O) groups is 1. The average molecular weight is 363 g/mol. The van der Waals surface area contributed by atoms with Gasteiger partial charge in [0.25, 0.3) is 0 Å². The molecule has 1 aliphatic carbocycles. The molecule has 2 aromatic heterocycles. The van der Waals surface area contributed by atoms with Crippen LogP contribution in [0, 0.1) is 11.8 Å². The summed E-state index contributed by atoms with van der Waals surface area (Å²) in [7, 11) is 0. The normalized spacial score (nSPS) is 18.7. The van der Waals surface area contributed by atoms with E-state index in [1.54, 1.807) is 12.5 Å². The van der Waals surface area contributed by atoms with Gasteiger partial charge in [0.2, 0.25) is 0 Å². The molecule has 27 heavy (non-hydrogen) atoms. The molecule has 4 rings (SSSR count). The number of nitrogens with one attached hydrogen (secondary N) is 1. The average Bonchev–Trinajstić information content (AvgIpc) is 3.19. The molecule has 2 heterocycles. The predicted molar refractivity (Wildman–Crippen MR) is 107 cm³/mol. The standard InChI is InChI=1S/C21H25N5O/c1-14(2)25(12-16-10-15(16)3)21(27)24-17-8-9-20(22-11-17)26-13-23-18-6-4-5-7-19(18)26/h4-9,11,13-16H,10,12H2,1-3H3,(H,24,27)/t15-,16+/m0/s1. The van der Waals surface area contributed by atoms with Crippen LogP contribution in [0.15, 0.2) is 48.9 Å². The first-order chi connectivity index (χ1) is 13.0. The van der Waals surface area contributed by atoms with Gasteiger partial charge in [0.15, 0.2) is 0 Å². The molecule has 6 nitrogen and oxygen atoms in total. The number of amides is 2. The number of para-hydroxylation sites is 2. The lowest BCUT2D eigenvalue weighted by atomic mass is 10.2. The van der Waals surface area contributed by atoms with Crippen LogP contribution >= 0.6 is 0 Å². The van der Waals surface area contributed by atoms with Crippen LogP contribution in [0.3, 0.4) is 0 Å². The van der Waals surface area contributed by atoms with Gasteiger partial charge in [0.05, 0.1) is 22.9 Å². The van der Waals surface area contributed by atoms with Gasteiger partial charge in [0.1, 0.15) is 12.1 Å². The van der Waals surface area contributed by atoms with Gasteiger partial charge < -0.3 is 10.2 Å². The van der Waals surface area contributed by atoms with Crippen LogP contribution in [-0.4, -0.2) is 38.1 Å². The third kappa shape index (κ3) is 3.65. The minimum Gasteiger partial charge on any atom is -0.322 e. The minimum absolute atomic E-state index is 0.0632. The highest BCUT2D eigenvalue weighted by molar-refractivity contribution is 5.89. The molecular formula is C21H25N5O. The molecule has 0 saturated heterocycles. The summed E-state index contributed by atoms with van der Waals surface area (Å²) in [6.45, 7) is 7.16. The van der Waals surface area contributed by atoms with Crippen LogP contribution in [0.5, 0.6) is 0 Å². The molecule has 140 valence electrons. The van der Waals surface area contributed by atoms with Gasteiger partial charge in [-0.05, 0) is 56.4 Å². The lowest BCUT2D eigenvalue weighted by Gasteiger charge is -2.27. The van der Waals surface area contributed by atoms with Gasteiger partial charge in [-0.25, -0.2) is 14.8 Å². The number of hydrogen-bond donors (Lipinski definition) is 1. The summed E-state index contributed by atoms with van der Waals surface area (Å²) in [6, 6.07) is 11.8. The van der Waals surface area contributed by atoms with E-state index >= 15 is 0 Å². The quantitative estimate of drug-likeness (QED) is 0.734. The number of carbonyl (C=O) groups excluding carboxylic acids is 1. The lowest BCUT2D eigenvalue weighted by molar-refractivity contribution is 0.193. The SMILES string of the molecule is CC(C)N(C[C@H]1C[C@@H]1C)C(=O)Nc1ccc(-n2cnc3ccccc32)nc1. The lowest BCUT2D eigenvalue weighted by Crippen LogP contribution is -2.41. The second-order valence-electron chi connectivity index (χ2n) is 7.66. The second-order valence-corrected chi connectivity index (χ2v) is 7.66. The molecule has 1 saturated carbocycles. The largest absolute Gasteiger partial charge is 0.322 e. The van der Waals surface area contributed by atoms with Gasteiger partial charge in [0, 0.05) is 12.6 Å². The Kier molecular flexibility index (Phi) is 4.56. The summed E-state index contributed by atoms with van der Waals surface area (Å²) in [5.74, 6) is 2.13. The van der Waals surface area contributed by atoms with Crippen molar-refractivity contribution in [3.63, 3.8) is 0 Å². The van der Waals surface area contributed by atoms with E-state index in [9.17, 15) is 4.79 Å². The fourth-order valence-corrected chi connectivity index (χ4v) is 3.37. The summed E-state index contributed by atoms with van der Waals surface area (Å²) in [4.78, 5) is 23.5. The summed E-state index contributed by atoms with van der Waals surface area (Å²) < 4.78 is 1.94. The maximum absolute atomic E-state index is 12.7. The van der Waals surface area contributed by atoms with Crippen molar-refractivity contribution < 1.29 is 4.79 Å². The predicted octanol–water partition coefficient (Wildman–Crippen LogP) is 4.32. The number of aromatic nitrogens is 3. The van der Waals surface area contributed by atoms with E-state index in [1.165, 1.54) is 6.42 Å². The highest BCUT2D eigenvalue weighted by Gasteiger charge is 2.35. The molecule has 2 amide bonds. The van der Waals surface area contributed by atoms with Gasteiger partial charge >= 0.3 is 6.03 Å². The van der Waals surface area contributed by atoms with Gasteiger partial charge in [-0.3, -0.25) is 4.57 Å². The molecule has 0 aliphatic heterocycles. The van der Waals surface area contributed by atoms with Crippen LogP contribution < -0.4 is 5.32 Å². The highest BCUT2D eigenvalue weighted by Crippen LogP contribution is 2.38. The molecule has 0 radical (unpaired) electrons. The summed E-state index contributed by atoms with van der Waals surface area (Å²) >= 11 is 0. The smallest absolute Gasteiger partial charge is 0.322 e. The first kappa shape index (κ1) is 17.5. The Morgan fingerprint density at radius 1 is 1.26 bits per heavy atom. The number of urea groups is 1. The Bertz CT molecular complexity index is 947. The number of benzene rings is 1. The van der Waals surface area contributed by atoms with Crippen LogP contribution in [0.1, 0.15) is 27.2 Å². The fraction of sp³-hybridized carbons (Fsp3) is 0.381. The molecule has 1 fully saturated rings. The number of anilines is 1. The summed E-state index contributed by atoms with van der Waals surface area (Å²) in [5, 5.41) is 2.98. The topological polar surface area (TPSA) is 63.1 Å². The van der Waals surface area contributed by atoms with Crippen LogP contribution in [0.25, 0.3) is 16.9 Å². The number of rotatable bonds is 5. The molecular weight excluding hydrogens is 338 g/mol. The van der Waals surface area contributed by atoms with Crippen molar-refractivity contribution in [1.29, 1.82) is 0 Å². The second kappa shape index (κ2) is 7.02. The van der Waals surface area contributed by atoms with E-state index in [0.29, 0.717) is 11.6 Å².